The zero-order valence-corrected chi connectivity index (χ0v) is 12.7. The Kier molecular flexibility index (Phi) is 4.42. The van der Waals surface area contributed by atoms with Crippen molar-refractivity contribution in [1.82, 2.24) is 0 Å². The second-order valence-electron chi connectivity index (χ2n) is 5.64. The van der Waals surface area contributed by atoms with Crippen molar-refractivity contribution in [2.45, 2.75) is 25.4 Å². The molecule has 3 nitrogen and oxygen atoms in total. The monoisotopic (exact) mass is 311 g/mol. The number of halogens is 1. The summed E-state index contributed by atoms with van der Waals surface area (Å²) in [6.45, 7) is 3.77. The minimum absolute atomic E-state index is 0.222. The number of carbonyl (C=O) groups is 1. The van der Waals surface area contributed by atoms with Crippen LogP contribution >= 0.6 is 0 Å². The number of benzene rings is 2. The molecular formula is C19H18FNO2. The number of carbonyl (C=O) groups excluding carboxylic acids is 1. The van der Waals surface area contributed by atoms with Gasteiger partial charge in [0.1, 0.15) is 18.2 Å². The van der Waals surface area contributed by atoms with Gasteiger partial charge in [-0.1, -0.05) is 18.7 Å². The van der Waals surface area contributed by atoms with Crippen LogP contribution in [-0.4, -0.2) is 5.91 Å². The first-order valence-corrected chi connectivity index (χ1v) is 7.60. The quantitative estimate of drug-likeness (QED) is 0.803. The molecule has 4 heteroatoms. The van der Waals surface area contributed by atoms with Crippen LogP contribution in [0.15, 0.2) is 55.1 Å². The predicted molar refractivity (Wildman–Crippen MR) is 88.0 cm³/mol. The van der Waals surface area contributed by atoms with Crippen LogP contribution in [0.1, 0.15) is 29.9 Å². The van der Waals surface area contributed by atoms with Crippen LogP contribution in [0.4, 0.5) is 10.1 Å². The molecule has 23 heavy (non-hydrogen) atoms. The van der Waals surface area contributed by atoms with Crippen molar-refractivity contribution in [3.63, 3.8) is 0 Å². The molecule has 1 fully saturated rings. The van der Waals surface area contributed by atoms with Gasteiger partial charge in [0.2, 0.25) is 5.91 Å². The smallest absolute Gasteiger partial charge is 0.247 e. The van der Waals surface area contributed by atoms with E-state index in [-0.39, 0.29) is 11.7 Å². The van der Waals surface area contributed by atoms with Crippen molar-refractivity contribution in [3.8, 4) is 5.75 Å². The molecule has 1 aliphatic carbocycles. The van der Waals surface area contributed by atoms with Crippen molar-refractivity contribution >= 4 is 11.6 Å². The fourth-order valence-corrected chi connectivity index (χ4v) is 2.45. The highest BCUT2D eigenvalue weighted by molar-refractivity contribution is 5.99. The largest absolute Gasteiger partial charge is 0.489 e. The van der Waals surface area contributed by atoms with Gasteiger partial charge in [-0.15, -0.1) is 0 Å². The minimum atomic E-state index is -0.271. The molecule has 0 bridgehead atoms. The first-order valence-electron chi connectivity index (χ1n) is 7.60. The lowest BCUT2D eigenvalue weighted by Crippen LogP contribution is -2.09. The molecule has 1 saturated carbocycles. The Balaban J connectivity index is 1.74. The molecule has 0 aromatic heterocycles. The van der Waals surface area contributed by atoms with Crippen molar-refractivity contribution in [2.24, 2.45) is 0 Å². The van der Waals surface area contributed by atoms with Crippen LogP contribution in [0.2, 0.25) is 0 Å². The summed E-state index contributed by atoms with van der Waals surface area (Å²) < 4.78 is 18.9. The molecule has 0 atom stereocenters. The second-order valence-corrected chi connectivity index (χ2v) is 5.64. The van der Waals surface area contributed by atoms with Crippen molar-refractivity contribution in [1.29, 1.82) is 0 Å². The van der Waals surface area contributed by atoms with E-state index < -0.39 is 0 Å². The number of rotatable bonds is 6. The van der Waals surface area contributed by atoms with E-state index >= 15 is 0 Å². The molecule has 1 aliphatic rings. The minimum Gasteiger partial charge on any atom is -0.489 e. The summed E-state index contributed by atoms with van der Waals surface area (Å²) in [5.41, 5.74) is 2.66. The molecule has 0 heterocycles. The maximum Gasteiger partial charge on any atom is 0.247 e. The topological polar surface area (TPSA) is 38.3 Å². The molecule has 2 aromatic rings. The van der Waals surface area contributed by atoms with E-state index in [1.54, 1.807) is 6.07 Å². The molecule has 3 rings (SSSR count). The summed E-state index contributed by atoms with van der Waals surface area (Å²) in [6.07, 6.45) is 3.49. The van der Waals surface area contributed by atoms with Gasteiger partial charge in [0.25, 0.3) is 0 Å². The second kappa shape index (κ2) is 6.65. The first kappa shape index (κ1) is 15.3. The molecule has 0 spiro atoms. The predicted octanol–water partition coefficient (Wildman–Crippen LogP) is 4.41. The van der Waals surface area contributed by atoms with Crippen LogP contribution in [0.25, 0.3) is 0 Å². The number of amides is 1. The molecule has 1 amide bonds. The Morgan fingerprint density at radius 1 is 1.30 bits per heavy atom. The zero-order valence-electron chi connectivity index (χ0n) is 12.7. The summed E-state index contributed by atoms with van der Waals surface area (Å²) in [5, 5.41) is 2.83. The number of ether oxygens (including phenoxy) is 1. The summed E-state index contributed by atoms with van der Waals surface area (Å²) in [7, 11) is 0. The van der Waals surface area contributed by atoms with E-state index in [9.17, 15) is 9.18 Å². The number of hydrogen-bond donors (Lipinski definition) is 1. The van der Waals surface area contributed by atoms with Crippen LogP contribution in [-0.2, 0) is 11.4 Å². The van der Waals surface area contributed by atoms with Crippen molar-refractivity contribution < 1.29 is 13.9 Å². The standard InChI is InChI=1S/C19H18FNO2/c1-2-19(22)21-18-9-8-16(11-17(18)14-6-7-14)23-12-13-4-3-5-15(20)10-13/h2-5,8-11,14H,1,6-7,12H2,(H,21,22). The average Bonchev–Trinajstić information content (AvgIpc) is 3.38. The van der Waals surface area contributed by atoms with E-state index in [4.69, 9.17) is 4.74 Å². The Morgan fingerprint density at radius 3 is 2.83 bits per heavy atom. The number of anilines is 1. The summed E-state index contributed by atoms with van der Waals surface area (Å²) in [6, 6.07) is 12.0. The lowest BCUT2D eigenvalue weighted by Gasteiger charge is -2.13. The zero-order chi connectivity index (χ0) is 16.2. The Labute approximate surface area is 134 Å². The molecule has 0 unspecified atom stereocenters. The van der Waals surface area contributed by atoms with E-state index in [1.807, 2.05) is 24.3 Å². The first-order chi connectivity index (χ1) is 11.2. The van der Waals surface area contributed by atoms with Crippen LogP contribution < -0.4 is 10.1 Å². The lowest BCUT2D eigenvalue weighted by atomic mass is 10.1. The van der Waals surface area contributed by atoms with Crippen LogP contribution in [0, 0.1) is 5.82 Å². The van der Waals surface area contributed by atoms with Crippen LogP contribution in [0.5, 0.6) is 5.75 Å². The number of hydrogen-bond acceptors (Lipinski definition) is 2. The summed E-state index contributed by atoms with van der Waals surface area (Å²) >= 11 is 0. The third-order valence-corrected chi connectivity index (χ3v) is 3.78. The van der Waals surface area contributed by atoms with Gasteiger partial charge >= 0.3 is 0 Å². The normalized spacial score (nSPS) is 13.4. The van der Waals surface area contributed by atoms with Gasteiger partial charge in [0.05, 0.1) is 0 Å². The Morgan fingerprint density at radius 2 is 2.13 bits per heavy atom. The SMILES string of the molecule is C=CC(=O)Nc1ccc(OCc2cccc(F)c2)cc1C1CC1. The summed E-state index contributed by atoms with van der Waals surface area (Å²) in [5.74, 6) is 0.688. The molecule has 2 aromatic carbocycles. The third kappa shape index (κ3) is 3.97. The fraction of sp³-hybridized carbons (Fsp3) is 0.211. The third-order valence-electron chi connectivity index (χ3n) is 3.78. The Hall–Kier alpha value is -2.62. The molecule has 1 N–H and O–H groups in total. The van der Waals surface area contributed by atoms with Gasteiger partial charge in [-0.25, -0.2) is 4.39 Å². The van der Waals surface area contributed by atoms with E-state index in [0.29, 0.717) is 18.3 Å². The van der Waals surface area contributed by atoms with Crippen molar-refractivity contribution in [3.05, 3.63) is 72.1 Å². The van der Waals surface area contributed by atoms with Gasteiger partial charge in [0.15, 0.2) is 0 Å². The fourth-order valence-electron chi connectivity index (χ4n) is 2.45. The maximum absolute atomic E-state index is 13.2. The molecule has 0 aliphatic heterocycles. The van der Waals surface area contributed by atoms with E-state index in [2.05, 4.69) is 11.9 Å². The highest BCUT2D eigenvalue weighted by Gasteiger charge is 2.27. The number of nitrogens with one attached hydrogen (secondary N) is 1. The van der Waals surface area contributed by atoms with Crippen molar-refractivity contribution in [2.75, 3.05) is 5.32 Å². The molecule has 0 radical (unpaired) electrons. The van der Waals surface area contributed by atoms with Gasteiger partial charge in [-0.05, 0) is 66.3 Å². The van der Waals surface area contributed by atoms with Gasteiger partial charge < -0.3 is 10.1 Å². The van der Waals surface area contributed by atoms with Gasteiger partial charge in [-0.3, -0.25) is 4.79 Å². The molecule has 0 saturated heterocycles. The van der Waals surface area contributed by atoms with Crippen LogP contribution in [0.3, 0.4) is 0 Å². The Bertz CT molecular complexity index is 738. The summed E-state index contributed by atoms with van der Waals surface area (Å²) in [4.78, 5) is 11.5. The highest BCUT2D eigenvalue weighted by Crippen LogP contribution is 2.44. The van der Waals surface area contributed by atoms with Gasteiger partial charge in [0, 0.05) is 5.69 Å². The molecular weight excluding hydrogens is 293 g/mol. The van der Waals surface area contributed by atoms with E-state index in [0.717, 1.165) is 29.7 Å². The highest BCUT2D eigenvalue weighted by atomic mass is 19.1. The lowest BCUT2D eigenvalue weighted by molar-refractivity contribution is -0.111. The molecule has 118 valence electrons. The van der Waals surface area contributed by atoms with E-state index in [1.165, 1.54) is 18.2 Å². The maximum atomic E-state index is 13.2. The van der Waals surface area contributed by atoms with Gasteiger partial charge in [-0.2, -0.15) is 0 Å². The average molecular weight is 311 g/mol.